The molecule has 1 N–H and O–H groups in total. The summed E-state index contributed by atoms with van der Waals surface area (Å²) < 4.78 is 11.1. The van der Waals surface area contributed by atoms with Crippen LogP contribution in [0.5, 0.6) is 5.75 Å². The highest BCUT2D eigenvalue weighted by atomic mass is 16.5. The molecule has 0 radical (unpaired) electrons. The van der Waals surface area contributed by atoms with Crippen LogP contribution in [0.2, 0.25) is 0 Å². The first-order valence-electron chi connectivity index (χ1n) is 6.65. The van der Waals surface area contributed by atoms with Gasteiger partial charge in [0.25, 0.3) is 5.91 Å². The number of amides is 1. The van der Waals surface area contributed by atoms with Crippen LogP contribution < -0.4 is 10.1 Å². The van der Waals surface area contributed by atoms with E-state index in [2.05, 4.69) is 5.32 Å². The Kier molecular flexibility index (Phi) is 3.51. The van der Waals surface area contributed by atoms with E-state index in [9.17, 15) is 4.79 Å². The second kappa shape index (κ2) is 5.45. The Balaban J connectivity index is 1.63. The fraction of sp³-hybridized carbons (Fsp3) is 0.400. The summed E-state index contributed by atoms with van der Waals surface area (Å²) >= 11 is 0. The van der Waals surface area contributed by atoms with E-state index in [0.717, 1.165) is 30.8 Å². The fourth-order valence-corrected chi connectivity index (χ4v) is 2.37. The lowest BCUT2D eigenvalue weighted by Gasteiger charge is -2.18. The molecule has 1 aromatic carbocycles. The van der Waals surface area contributed by atoms with Crippen LogP contribution in [0.4, 0.5) is 0 Å². The van der Waals surface area contributed by atoms with Crippen molar-refractivity contribution >= 4 is 12.0 Å². The van der Waals surface area contributed by atoms with Crippen molar-refractivity contribution in [3.63, 3.8) is 0 Å². The number of carbonyl (C=O) groups excluding carboxylic acids is 1. The molecule has 1 amide bonds. The summed E-state index contributed by atoms with van der Waals surface area (Å²) in [5.74, 6) is 0.767. The van der Waals surface area contributed by atoms with Crippen LogP contribution in [0.1, 0.15) is 18.4 Å². The van der Waals surface area contributed by atoms with E-state index in [1.807, 2.05) is 30.3 Å². The van der Waals surface area contributed by atoms with Crippen molar-refractivity contribution in [1.29, 1.82) is 0 Å². The van der Waals surface area contributed by atoms with Gasteiger partial charge in [0.1, 0.15) is 12.4 Å². The number of para-hydroxylation sites is 1. The molecule has 0 bridgehead atoms. The van der Waals surface area contributed by atoms with E-state index in [1.54, 1.807) is 0 Å². The number of benzene rings is 1. The number of rotatable bonds is 3. The van der Waals surface area contributed by atoms with E-state index in [0.29, 0.717) is 18.7 Å². The normalized spacial score (nSPS) is 21.3. The van der Waals surface area contributed by atoms with E-state index >= 15 is 0 Å². The highest BCUT2D eigenvalue weighted by Gasteiger charge is 2.20. The van der Waals surface area contributed by atoms with Gasteiger partial charge in [-0.15, -0.1) is 0 Å². The van der Waals surface area contributed by atoms with Gasteiger partial charge in [-0.25, -0.2) is 0 Å². The molecule has 1 unspecified atom stereocenters. The van der Waals surface area contributed by atoms with E-state index in [4.69, 9.17) is 9.47 Å². The molecular formula is C15H17NO3. The molecule has 4 nitrogen and oxygen atoms in total. The SMILES string of the molecule is O=C(NCC1CCCO1)C1=Cc2ccccc2OC1. The maximum absolute atomic E-state index is 12.0. The zero-order valence-corrected chi connectivity index (χ0v) is 10.7. The molecule has 1 aromatic rings. The van der Waals surface area contributed by atoms with Gasteiger partial charge in [0, 0.05) is 18.7 Å². The van der Waals surface area contributed by atoms with E-state index < -0.39 is 0 Å². The summed E-state index contributed by atoms with van der Waals surface area (Å²) in [7, 11) is 0. The molecule has 1 fully saturated rings. The molecule has 2 heterocycles. The standard InChI is InChI=1S/C15H17NO3/c17-15(16-9-13-5-3-7-18-13)12-8-11-4-1-2-6-14(11)19-10-12/h1-2,4,6,8,13H,3,5,7,9-10H2,(H,16,17). The van der Waals surface area contributed by atoms with Crippen LogP contribution in [0.3, 0.4) is 0 Å². The summed E-state index contributed by atoms with van der Waals surface area (Å²) in [6.07, 6.45) is 4.17. The average Bonchev–Trinajstić information content (AvgIpc) is 2.97. The van der Waals surface area contributed by atoms with Crippen molar-refractivity contribution in [2.24, 2.45) is 0 Å². The van der Waals surface area contributed by atoms with E-state index in [-0.39, 0.29) is 12.0 Å². The number of ether oxygens (including phenoxy) is 2. The molecule has 1 atom stereocenters. The Morgan fingerprint density at radius 3 is 3.11 bits per heavy atom. The van der Waals surface area contributed by atoms with Crippen LogP contribution in [0.15, 0.2) is 29.8 Å². The topological polar surface area (TPSA) is 47.6 Å². The highest BCUT2D eigenvalue weighted by Crippen LogP contribution is 2.25. The lowest BCUT2D eigenvalue weighted by atomic mass is 10.1. The quantitative estimate of drug-likeness (QED) is 0.899. The summed E-state index contributed by atoms with van der Waals surface area (Å²) in [6.45, 7) is 1.71. The molecule has 4 heteroatoms. The molecule has 1 saturated heterocycles. The summed E-state index contributed by atoms with van der Waals surface area (Å²) in [5, 5.41) is 2.91. The van der Waals surface area contributed by atoms with Gasteiger partial charge in [-0.2, -0.15) is 0 Å². The lowest BCUT2D eigenvalue weighted by Crippen LogP contribution is -2.34. The minimum Gasteiger partial charge on any atom is -0.488 e. The molecule has 0 aliphatic carbocycles. The lowest BCUT2D eigenvalue weighted by molar-refractivity contribution is -0.118. The molecule has 3 rings (SSSR count). The molecule has 19 heavy (non-hydrogen) atoms. The van der Waals surface area contributed by atoms with Crippen LogP contribution in [0.25, 0.3) is 6.08 Å². The van der Waals surface area contributed by atoms with Crippen LogP contribution in [-0.4, -0.2) is 31.8 Å². The molecule has 2 aliphatic heterocycles. The van der Waals surface area contributed by atoms with Gasteiger partial charge in [-0.1, -0.05) is 18.2 Å². The molecule has 0 aromatic heterocycles. The van der Waals surface area contributed by atoms with Gasteiger partial charge >= 0.3 is 0 Å². The van der Waals surface area contributed by atoms with Gasteiger partial charge in [-0.05, 0) is 25.0 Å². The minimum atomic E-state index is -0.0648. The maximum atomic E-state index is 12.0. The number of nitrogens with one attached hydrogen (secondary N) is 1. The second-order valence-electron chi connectivity index (χ2n) is 4.84. The van der Waals surface area contributed by atoms with Crippen LogP contribution >= 0.6 is 0 Å². The van der Waals surface area contributed by atoms with Gasteiger partial charge in [-0.3, -0.25) is 4.79 Å². The first kappa shape index (κ1) is 12.2. The first-order chi connectivity index (χ1) is 9.33. The van der Waals surface area contributed by atoms with Crippen molar-refractivity contribution in [2.75, 3.05) is 19.8 Å². The van der Waals surface area contributed by atoms with Crippen molar-refractivity contribution in [3.05, 3.63) is 35.4 Å². The number of carbonyl (C=O) groups is 1. The van der Waals surface area contributed by atoms with Gasteiger partial charge in [0.15, 0.2) is 0 Å². The second-order valence-corrected chi connectivity index (χ2v) is 4.84. The predicted octanol–water partition coefficient (Wildman–Crippen LogP) is 1.76. The maximum Gasteiger partial charge on any atom is 0.250 e. The molecular weight excluding hydrogens is 242 g/mol. The third-order valence-electron chi connectivity index (χ3n) is 3.44. The summed E-state index contributed by atoms with van der Waals surface area (Å²) in [6, 6.07) is 7.72. The molecule has 0 spiro atoms. The van der Waals surface area contributed by atoms with Crippen molar-refractivity contribution in [1.82, 2.24) is 5.32 Å². The number of fused-ring (bicyclic) bond motifs is 1. The zero-order chi connectivity index (χ0) is 13.1. The Hall–Kier alpha value is -1.81. The predicted molar refractivity (Wildman–Crippen MR) is 71.9 cm³/mol. The Morgan fingerprint density at radius 2 is 2.26 bits per heavy atom. The van der Waals surface area contributed by atoms with E-state index in [1.165, 1.54) is 0 Å². The van der Waals surface area contributed by atoms with Crippen LogP contribution in [-0.2, 0) is 9.53 Å². The number of hydrogen-bond acceptors (Lipinski definition) is 3. The van der Waals surface area contributed by atoms with Gasteiger partial charge in [0.05, 0.1) is 11.7 Å². The average molecular weight is 259 g/mol. The Bertz CT molecular complexity index is 504. The minimum absolute atomic E-state index is 0.0648. The molecule has 0 saturated carbocycles. The van der Waals surface area contributed by atoms with Crippen molar-refractivity contribution in [3.8, 4) is 5.75 Å². The number of hydrogen-bond donors (Lipinski definition) is 1. The van der Waals surface area contributed by atoms with Crippen molar-refractivity contribution in [2.45, 2.75) is 18.9 Å². The zero-order valence-electron chi connectivity index (χ0n) is 10.7. The van der Waals surface area contributed by atoms with Gasteiger partial charge < -0.3 is 14.8 Å². The first-order valence-corrected chi connectivity index (χ1v) is 6.65. The third kappa shape index (κ3) is 2.79. The third-order valence-corrected chi connectivity index (χ3v) is 3.44. The summed E-state index contributed by atoms with van der Waals surface area (Å²) in [5.41, 5.74) is 1.62. The van der Waals surface area contributed by atoms with Crippen LogP contribution in [0, 0.1) is 0 Å². The van der Waals surface area contributed by atoms with Gasteiger partial charge in [0.2, 0.25) is 0 Å². The monoisotopic (exact) mass is 259 g/mol. The highest BCUT2D eigenvalue weighted by molar-refractivity contribution is 5.99. The smallest absolute Gasteiger partial charge is 0.250 e. The molecule has 2 aliphatic rings. The molecule has 100 valence electrons. The van der Waals surface area contributed by atoms with Crippen molar-refractivity contribution < 1.29 is 14.3 Å². The fourth-order valence-electron chi connectivity index (χ4n) is 2.37. The largest absolute Gasteiger partial charge is 0.488 e. The Labute approximate surface area is 112 Å². The summed E-state index contributed by atoms with van der Waals surface area (Å²) in [4.78, 5) is 12.0. The Morgan fingerprint density at radius 1 is 1.37 bits per heavy atom.